The van der Waals surface area contributed by atoms with E-state index in [-0.39, 0.29) is 23.2 Å². The fourth-order valence-electron chi connectivity index (χ4n) is 1.56. The minimum atomic E-state index is -3.85. The lowest BCUT2D eigenvalue weighted by Gasteiger charge is -2.09. The predicted octanol–water partition coefficient (Wildman–Crippen LogP) is -0.333. The molecule has 1 saturated carbocycles. The number of pyridine rings is 1. The van der Waals surface area contributed by atoms with Gasteiger partial charge in [0.25, 0.3) is 0 Å². The van der Waals surface area contributed by atoms with Crippen LogP contribution in [0.5, 0.6) is 0 Å². The molecule has 0 saturated heterocycles. The Morgan fingerprint density at radius 3 is 2.84 bits per heavy atom. The molecule has 1 aliphatic rings. The van der Waals surface area contributed by atoms with E-state index in [0.717, 1.165) is 12.8 Å². The summed E-state index contributed by atoms with van der Waals surface area (Å²) >= 11 is 0. The number of anilines is 1. The van der Waals surface area contributed by atoms with Crippen LogP contribution in [0.3, 0.4) is 0 Å². The first-order valence-corrected chi connectivity index (χ1v) is 7.50. The van der Waals surface area contributed by atoms with E-state index < -0.39 is 10.0 Å². The highest BCUT2D eigenvalue weighted by atomic mass is 32.2. The van der Waals surface area contributed by atoms with Crippen molar-refractivity contribution < 1.29 is 13.2 Å². The van der Waals surface area contributed by atoms with Crippen molar-refractivity contribution in [2.24, 2.45) is 11.1 Å². The number of carbonyl (C=O) groups is 1. The minimum absolute atomic E-state index is 0.0355. The molecule has 0 bridgehead atoms. The van der Waals surface area contributed by atoms with Gasteiger partial charge in [-0.25, -0.2) is 18.5 Å². The predicted molar refractivity (Wildman–Crippen MR) is 69.8 cm³/mol. The standard InChI is InChI=1S/C11H16N4O3S/c12-19(17,18)9-2-1-5-13-11(9)15-7-10(16)14-6-8-3-4-8/h1-2,5,8H,3-4,6-7H2,(H,13,15)(H,14,16)(H2,12,17,18). The number of nitrogens with zero attached hydrogens (tertiary/aromatic N) is 1. The highest BCUT2D eigenvalue weighted by Gasteiger charge is 2.21. The summed E-state index contributed by atoms with van der Waals surface area (Å²) in [5, 5.41) is 10.5. The summed E-state index contributed by atoms with van der Waals surface area (Å²) in [6.07, 6.45) is 3.74. The monoisotopic (exact) mass is 284 g/mol. The zero-order chi connectivity index (χ0) is 13.9. The average molecular weight is 284 g/mol. The molecule has 1 fully saturated rings. The van der Waals surface area contributed by atoms with Crippen LogP contribution in [-0.2, 0) is 14.8 Å². The van der Waals surface area contributed by atoms with Gasteiger partial charge in [0.2, 0.25) is 15.9 Å². The van der Waals surface area contributed by atoms with Crippen LogP contribution in [-0.4, -0.2) is 32.4 Å². The van der Waals surface area contributed by atoms with Crippen molar-refractivity contribution in [2.45, 2.75) is 17.7 Å². The summed E-state index contributed by atoms with van der Waals surface area (Å²) in [6, 6.07) is 2.81. The molecule has 0 atom stereocenters. The van der Waals surface area contributed by atoms with E-state index >= 15 is 0 Å². The smallest absolute Gasteiger partial charge is 0.241 e. The van der Waals surface area contributed by atoms with Crippen molar-refractivity contribution in [1.82, 2.24) is 10.3 Å². The summed E-state index contributed by atoms with van der Waals surface area (Å²) in [4.78, 5) is 15.3. The van der Waals surface area contributed by atoms with Crippen molar-refractivity contribution in [2.75, 3.05) is 18.4 Å². The Morgan fingerprint density at radius 1 is 1.47 bits per heavy atom. The van der Waals surface area contributed by atoms with Gasteiger partial charge in [-0.3, -0.25) is 4.79 Å². The number of aromatic nitrogens is 1. The van der Waals surface area contributed by atoms with Crippen LogP contribution in [0, 0.1) is 5.92 Å². The lowest BCUT2D eigenvalue weighted by atomic mass is 10.4. The number of rotatable bonds is 6. The molecule has 1 heterocycles. The topological polar surface area (TPSA) is 114 Å². The molecule has 0 aliphatic heterocycles. The van der Waals surface area contributed by atoms with Crippen LogP contribution in [0.15, 0.2) is 23.2 Å². The zero-order valence-electron chi connectivity index (χ0n) is 10.3. The van der Waals surface area contributed by atoms with Gasteiger partial charge in [0.05, 0.1) is 6.54 Å². The molecule has 7 nitrogen and oxygen atoms in total. The summed E-state index contributed by atoms with van der Waals surface area (Å²) in [6.45, 7) is 0.636. The third kappa shape index (κ3) is 4.18. The maximum absolute atomic E-state index is 11.5. The lowest BCUT2D eigenvalue weighted by Crippen LogP contribution is -2.32. The van der Waals surface area contributed by atoms with E-state index in [1.807, 2.05) is 0 Å². The number of nitrogens with two attached hydrogens (primary N) is 1. The van der Waals surface area contributed by atoms with Gasteiger partial charge in [0, 0.05) is 12.7 Å². The fraction of sp³-hybridized carbons (Fsp3) is 0.455. The number of hydrogen-bond acceptors (Lipinski definition) is 5. The third-order valence-electron chi connectivity index (χ3n) is 2.78. The maximum atomic E-state index is 11.5. The van der Waals surface area contributed by atoms with E-state index in [4.69, 9.17) is 5.14 Å². The number of hydrogen-bond donors (Lipinski definition) is 3. The van der Waals surface area contributed by atoms with E-state index in [1.165, 1.54) is 18.3 Å². The number of carbonyl (C=O) groups excluding carboxylic acids is 1. The van der Waals surface area contributed by atoms with Crippen molar-refractivity contribution in [3.8, 4) is 0 Å². The molecular formula is C11H16N4O3S. The van der Waals surface area contributed by atoms with Crippen molar-refractivity contribution in [3.05, 3.63) is 18.3 Å². The van der Waals surface area contributed by atoms with E-state index in [9.17, 15) is 13.2 Å². The SMILES string of the molecule is NS(=O)(=O)c1cccnc1NCC(=O)NCC1CC1. The van der Waals surface area contributed by atoms with Gasteiger partial charge in [0.1, 0.15) is 10.7 Å². The average Bonchev–Trinajstić information content (AvgIpc) is 3.17. The first-order chi connectivity index (χ1) is 8.97. The van der Waals surface area contributed by atoms with Gasteiger partial charge < -0.3 is 10.6 Å². The number of primary sulfonamides is 1. The summed E-state index contributed by atoms with van der Waals surface area (Å²) in [5.41, 5.74) is 0. The lowest BCUT2D eigenvalue weighted by molar-refractivity contribution is -0.119. The Balaban J connectivity index is 1.93. The summed E-state index contributed by atoms with van der Waals surface area (Å²) in [7, 11) is -3.85. The highest BCUT2D eigenvalue weighted by Crippen LogP contribution is 2.27. The molecule has 0 aromatic carbocycles. The Hall–Kier alpha value is -1.67. The van der Waals surface area contributed by atoms with Crippen molar-refractivity contribution >= 4 is 21.7 Å². The normalized spacial score (nSPS) is 15.0. The van der Waals surface area contributed by atoms with E-state index in [1.54, 1.807) is 0 Å². The van der Waals surface area contributed by atoms with Gasteiger partial charge >= 0.3 is 0 Å². The van der Waals surface area contributed by atoms with Gasteiger partial charge in [0.15, 0.2) is 0 Å². The van der Waals surface area contributed by atoms with Crippen LogP contribution < -0.4 is 15.8 Å². The highest BCUT2D eigenvalue weighted by molar-refractivity contribution is 7.89. The summed E-state index contributed by atoms with van der Waals surface area (Å²) < 4.78 is 22.6. The molecular weight excluding hydrogens is 268 g/mol. The molecule has 1 aromatic heterocycles. The molecule has 2 rings (SSSR count). The molecule has 19 heavy (non-hydrogen) atoms. The zero-order valence-corrected chi connectivity index (χ0v) is 11.1. The molecule has 1 aromatic rings. The quantitative estimate of drug-likeness (QED) is 0.661. The summed E-state index contributed by atoms with van der Waals surface area (Å²) in [5.74, 6) is 0.489. The minimum Gasteiger partial charge on any atom is -0.360 e. The largest absolute Gasteiger partial charge is 0.360 e. The Kier molecular flexibility index (Phi) is 4.01. The first kappa shape index (κ1) is 13.8. The fourth-order valence-corrected chi connectivity index (χ4v) is 2.22. The Labute approximate surface area is 111 Å². The molecule has 1 aliphatic carbocycles. The van der Waals surface area contributed by atoms with Gasteiger partial charge in [-0.15, -0.1) is 0 Å². The molecule has 0 unspecified atom stereocenters. The second-order valence-corrected chi connectivity index (χ2v) is 6.03. The molecule has 0 radical (unpaired) electrons. The molecule has 8 heteroatoms. The van der Waals surface area contributed by atoms with Crippen LogP contribution in [0.2, 0.25) is 0 Å². The first-order valence-electron chi connectivity index (χ1n) is 5.95. The molecule has 0 spiro atoms. The molecule has 1 amide bonds. The van der Waals surface area contributed by atoms with Crippen molar-refractivity contribution in [1.29, 1.82) is 0 Å². The van der Waals surface area contributed by atoms with Crippen LogP contribution >= 0.6 is 0 Å². The van der Waals surface area contributed by atoms with Crippen LogP contribution in [0.25, 0.3) is 0 Å². The van der Waals surface area contributed by atoms with Gasteiger partial charge in [-0.2, -0.15) is 0 Å². The van der Waals surface area contributed by atoms with Crippen molar-refractivity contribution in [3.63, 3.8) is 0 Å². The number of amides is 1. The molecule has 4 N–H and O–H groups in total. The van der Waals surface area contributed by atoms with Crippen LogP contribution in [0.1, 0.15) is 12.8 Å². The van der Waals surface area contributed by atoms with Gasteiger partial charge in [-0.05, 0) is 30.9 Å². The van der Waals surface area contributed by atoms with E-state index in [0.29, 0.717) is 12.5 Å². The van der Waals surface area contributed by atoms with E-state index in [2.05, 4.69) is 15.6 Å². The Bertz CT molecular complexity index is 569. The Morgan fingerprint density at radius 2 is 2.21 bits per heavy atom. The van der Waals surface area contributed by atoms with Gasteiger partial charge in [-0.1, -0.05) is 0 Å². The molecule has 104 valence electrons. The number of sulfonamides is 1. The number of nitrogens with one attached hydrogen (secondary N) is 2. The second kappa shape index (κ2) is 5.54. The maximum Gasteiger partial charge on any atom is 0.241 e. The van der Waals surface area contributed by atoms with Crippen LogP contribution in [0.4, 0.5) is 5.82 Å². The second-order valence-electron chi connectivity index (χ2n) is 4.50. The third-order valence-corrected chi connectivity index (χ3v) is 3.72.